The van der Waals surface area contributed by atoms with Crippen molar-refractivity contribution in [2.24, 2.45) is 0 Å². The maximum Gasteiger partial charge on any atom is 0.416 e. The molecule has 27 heavy (non-hydrogen) atoms. The number of benzene rings is 2. The van der Waals surface area contributed by atoms with Gasteiger partial charge in [-0.15, -0.1) is 11.7 Å². The van der Waals surface area contributed by atoms with E-state index in [4.69, 9.17) is 4.74 Å². The van der Waals surface area contributed by atoms with Crippen LogP contribution in [-0.4, -0.2) is 27.7 Å². The molecule has 1 aromatic heterocycles. The highest BCUT2D eigenvalue weighted by molar-refractivity contribution is 5.90. The van der Waals surface area contributed by atoms with Crippen LogP contribution in [0.4, 0.5) is 10.6 Å². The van der Waals surface area contributed by atoms with Gasteiger partial charge in [0, 0.05) is 6.42 Å². The third kappa shape index (κ3) is 3.33. The first kappa shape index (κ1) is 17.0. The van der Waals surface area contributed by atoms with Gasteiger partial charge in [-0.1, -0.05) is 72.0 Å². The van der Waals surface area contributed by atoms with Gasteiger partial charge in [-0.25, -0.2) is 14.4 Å². The predicted molar refractivity (Wildman–Crippen MR) is 102 cm³/mol. The van der Waals surface area contributed by atoms with Gasteiger partial charge in [0.25, 0.3) is 0 Å². The molecule has 1 amide bonds. The van der Waals surface area contributed by atoms with Gasteiger partial charge in [0.1, 0.15) is 12.6 Å². The number of allylic oxidation sites excluding steroid dienone is 1. The Labute approximate surface area is 157 Å². The topological polar surface area (TPSA) is 60.3 Å². The summed E-state index contributed by atoms with van der Waals surface area (Å²) < 4.78 is 7.15. The summed E-state index contributed by atoms with van der Waals surface area (Å²) in [6.45, 7) is 4.72. The van der Waals surface area contributed by atoms with E-state index in [1.165, 1.54) is 0 Å². The van der Waals surface area contributed by atoms with E-state index in [1.54, 1.807) is 11.0 Å². The zero-order chi connectivity index (χ0) is 18.6. The molecule has 0 saturated carbocycles. The number of hydrogen-bond donors (Lipinski definition) is 0. The molecule has 3 aromatic rings. The van der Waals surface area contributed by atoms with Crippen LogP contribution in [-0.2, 0) is 17.7 Å². The van der Waals surface area contributed by atoms with E-state index in [-0.39, 0.29) is 6.04 Å². The molecule has 0 bridgehead atoms. The molecule has 1 atom stereocenters. The van der Waals surface area contributed by atoms with Crippen LogP contribution in [0.5, 0.6) is 0 Å². The zero-order valence-corrected chi connectivity index (χ0v) is 14.9. The summed E-state index contributed by atoms with van der Waals surface area (Å²) in [5.41, 5.74) is 2.96. The molecule has 6 nitrogen and oxygen atoms in total. The second-order valence-corrected chi connectivity index (χ2v) is 6.37. The Bertz CT molecular complexity index is 937. The molecule has 2 heterocycles. The molecule has 4 rings (SSSR count). The Kier molecular flexibility index (Phi) is 4.70. The average Bonchev–Trinajstić information content (AvgIpc) is 3.27. The van der Waals surface area contributed by atoms with Crippen LogP contribution in [0.15, 0.2) is 73.3 Å². The highest BCUT2D eigenvalue weighted by atomic mass is 16.6. The lowest BCUT2D eigenvalue weighted by molar-refractivity contribution is 0.179. The molecule has 0 aliphatic carbocycles. The Morgan fingerprint density at radius 2 is 1.81 bits per heavy atom. The Balaban J connectivity index is 1.71. The van der Waals surface area contributed by atoms with Crippen molar-refractivity contribution in [1.82, 2.24) is 15.0 Å². The number of anilines is 1. The molecule has 1 aliphatic heterocycles. The van der Waals surface area contributed by atoms with E-state index < -0.39 is 6.09 Å². The van der Waals surface area contributed by atoms with E-state index in [2.05, 4.69) is 16.9 Å². The molecule has 1 fully saturated rings. The average molecular weight is 360 g/mol. The minimum Gasteiger partial charge on any atom is -0.447 e. The molecule has 1 aliphatic rings. The van der Waals surface area contributed by atoms with E-state index in [9.17, 15) is 4.79 Å². The molecule has 6 heteroatoms. The first-order valence-electron chi connectivity index (χ1n) is 8.86. The fourth-order valence-electron chi connectivity index (χ4n) is 3.30. The number of carbonyl (C=O) groups excluding carboxylic acids is 1. The standard InChI is InChI=1S/C21H20N4O2/c1-2-9-18-20(22-23-24(18)14-16-10-5-3-6-11-16)25-19(15-27-21(25)26)17-12-7-4-8-13-17/h2-8,10-13,19H,1,9,14-15H2/t19-/m0/s1. The van der Waals surface area contributed by atoms with Crippen molar-refractivity contribution in [3.8, 4) is 0 Å². The summed E-state index contributed by atoms with van der Waals surface area (Å²) in [4.78, 5) is 14.1. The Hall–Kier alpha value is -3.41. The summed E-state index contributed by atoms with van der Waals surface area (Å²) in [6, 6.07) is 19.6. The van der Waals surface area contributed by atoms with Crippen LogP contribution in [0, 0.1) is 0 Å². The maximum absolute atomic E-state index is 12.5. The lowest BCUT2D eigenvalue weighted by atomic mass is 10.1. The molecule has 0 spiro atoms. The Morgan fingerprint density at radius 3 is 2.52 bits per heavy atom. The van der Waals surface area contributed by atoms with Crippen molar-refractivity contribution >= 4 is 11.9 Å². The van der Waals surface area contributed by atoms with E-state index in [0.29, 0.717) is 25.4 Å². The van der Waals surface area contributed by atoms with Gasteiger partial charge < -0.3 is 4.74 Å². The molecular weight excluding hydrogens is 340 g/mol. The lowest BCUT2D eigenvalue weighted by Gasteiger charge is -2.20. The van der Waals surface area contributed by atoms with Crippen LogP contribution in [0.1, 0.15) is 22.9 Å². The van der Waals surface area contributed by atoms with Crippen molar-refractivity contribution in [2.45, 2.75) is 19.0 Å². The summed E-state index contributed by atoms with van der Waals surface area (Å²) in [5, 5.41) is 8.64. The number of hydrogen-bond acceptors (Lipinski definition) is 4. The fraction of sp³-hybridized carbons (Fsp3) is 0.190. The number of carbonyl (C=O) groups is 1. The number of cyclic esters (lactones) is 1. The molecule has 0 unspecified atom stereocenters. The summed E-state index contributed by atoms with van der Waals surface area (Å²) in [7, 11) is 0. The van der Waals surface area contributed by atoms with E-state index >= 15 is 0 Å². The fourth-order valence-corrected chi connectivity index (χ4v) is 3.30. The highest BCUT2D eigenvalue weighted by Gasteiger charge is 2.38. The largest absolute Gasteiger partial charge is 0.447 e. The van der Waals surface area contributed by atoms with Gasteiger partial charge in [-0.05, 0) is 11.1 Å². The van der Waals surface area contributed by atoms with Gasteiger partial charge in [0.05, 0.1) is 12.2 Å². The second-order valence-electron chi connectivity index (χ2n) is 6.37. The minimum atomic E-state index is -0.402. The molecule has 0 radical (unpaired) electrons. The monoisotopic (exact) mass is 360 g/mol. The SMILES string of the molecule is C=CCc1c(N2C(=O)OC[C@H]2c2ccccc2)nnn1Cc1ccccc1. The van der Waals surface area contributed by atoms with Crippen molar-refractivity contribution in [3.05, 3.63) is 90.1 Å². The van der Waals surface area contributed by atoms with Gasteiger partial charge in [0.2, 0.25) is 0 Å². The van der Waals surface area contributed by atoms with Crippen molar-refractivity contribution in [1.29, 1.82) is 0 Å². The molecule has 1 saturated heterocycles. The van der Waals surface area contributed by atoms with Gasteiger partial charge in [-0.2, -0.15) is 0 Å². The number of rotatable bonds is 6. The molecular formula is C21H20N4O2. The quantitative estimate of drug-likeness (QED) is 0.628. The van der Waals surface area contributed by atoms with Gasteiger partial charge >= 0.3 is 6.09 Å². The highest BCUT2D eigenvalue weighted by Crippen LogP contribution is 2.34. The van der Waals surface area contributed by atoms with Crippen LogP contribution < -0.4 is 4.90 Å². The first-order chi connectivity index (χ1) is 13.3. The maximum atomic E-state index is 12.5. The number of ether oxygens (including phenoxy) is 1. The van der Waals surface area contributed by atoms with Gasteiger partial charge in [-0.3, -0.25) is 0 Å². The zero-order valence-electron chi connectivity index (χ0n) is 14.9. The van der Waals surface area contributed by atoms with Crippen LogP contribution in [0.2, 0.25) is 0 Å². The second kappa shape index (κ2) is 7.45. The smallest absolute Gasteiger partial charge is 0.416 e. The van der Waals surface area contributed by atoms with Crippen molar-refractivity contribution < 1.29 is 9.53 Å². The minimum absolute atomic E-state index is 0.218. The van der Waals surface area contributed by atoms with Crippen LogP contribution >= 0.6 is 0 Å². The van der Waals surface area contributed by atoms with Crippen LogP contribution in [0.3, 0.4) is 0 Å². The summed E-state index contributed by atoms with van der Waals surface area (Å²) >= 11 is 0. The normalized spacial score (nSPS) is 16.4. The summed E-state index contributed by atoms with van der Waals surface area (Å²) in [6.07, 6.45) is 1.95. The third-order valence-electron chi connectivity index (χ3n) is 4.62. The summed E-state index contributed by atoms with van der Waals surface area (Å²) in [5.74, 6) is 0.530. The third-order valence-corrected chi connectivity index (χ3v) is 4.62. The molecule has 0 N–H and O–H groups in total. The molecule has 2 aromatic carbocycles. The predicted octanol–water partition coefficient (Wildman–Crippen LogP) is 3.75. The van der Waals surface area contributed by atoms with Crippen LogP contribution in [0.25, 0.3) is 0 Å². The van der Waals surface area contributed by atoms with E-state index in [1.807, 2.05) is 65.3 Å². The number of aromatic nitrogens is 3. The first-order valence-corrected chi connectivity index (χ1v) is 8.86. The molecule has 136 valence electrons. The van der Waals surface area contributed by atoms with E-state index in [0.717, 1.165) is 16.8 Å². The lowest BCUT2D eigenvalue weighted by Crippen LogP contribution is -2.28. The number of amides is 1. The Morgan fingerprint density at radius 1 is 1.11 bits per heavy atom. The number of nitrogens with zero attached hydrogens (tertiary/aromatic N) is 4. The van der Waals surface area contributed by atoms with Gasteiger partial charge in [0.15, 0.2) is 5.82 Å². The van der Waals surface area contributed by atoms with Crippen molar-refractivity contribution in [3.63, 3.8) is 0 Å². The van der Waals surface area contributed by atoms with Crippen molar-refractivity contribution in [2.75, 3.05) is 11.5 Å².